The number of benzene rings is 1. The van der Waals surface area contributed by atoms with Gasteiger partial charge in [0.1, 0.15) is 11.6 Å². The van der Waals surface area contributed by atoms with Gasteiger partial charge in [-0.2, -0.15) is 0 Å². The first kappa shape index (κ1) is 13.3. The first-order chi connectivity index (χ1) is 9.15. The number of aliphatic hydroxyl groups excluding tert-OH is 1. The van der Waals surface area contributed by atoms with Crippen molar-refractivity contribution >= 4 is 5.91 Å². The molecule has 1 unspecified atom stereocenters. The number of nitrogens with one attached hydrogen (secondary N) is 1. The van der Waals surface area contributed by atoms with Gasteiger partial charge in [-0.15, -0.1) is 0 Å². The highest BCUT2D eigenvalue weighted by Crippen LogP contribution is 2.17. The highest BCUT2D eigenvalue weighted by Gasteiger charge is 2.13. The molecule has 4 nitrogen and oxygen atoms in total. The number of aliphatic hydroxyl groups is 1. The predicted octanol–water partition coefficient (Wildman–Crippen LogP) is 2.16. The number of hydrogen-bond acceptors (Lipinski definition) is 3. The monoisotopic (exact) mass is 263 g/mol. The number of hydrogen-bond donors (Lipinski definition) is 2. The number of halogens is 1. The van der Waals surface area contributed by atoms with Gasteiger partial charge in [0.25, 0.3) is 0 Å². The Kier molecular flexibility index (Phi) is 4.30. The van der Waals surface area contributed by atoms with Crippen LogP contribution in [0.25, 0.3) is 0 Å². The lowest BCUT2D eigenvalue weighted by molar-refractivity contribution is -0.123. The van der Waals surface area contributed by atoms with Crippen LogP contribution in [0, 0.1) is 5.82 Å². The minimum Gasteiger partial charge on any atom is -0.467 e. The first-order valence-electron chi connectivity index (χ1n) is 5.88. The average molecular weight is 263 g/mol. The summed E-state index contributed by atoms with van der Waals surface area (Å²) in [6, 6.07) is 9.03. The van der Waals surface area contributed by atoms with Crippen molar-refractivity contribution in [3.05, 3.63) is 59.8 Å². The molecule has 0 saturated carbocycles. The molecule has 0 aliphatic carbocycles. The molecule has 100 valence electrons. The molecular formula is C14H14FNO3. The van der Waals surface area contributed by atoms with Crippen LogP contribution in [-0.2, 0) is 11.3 Å². The van der Waals surface area contributed by atoms with Gasteiger partial charge < -0.3 is 14.8 Å². The van der Waals surface area contributed by atoms with E-state index in [1.165, 1.54) is 24.5 Å². The molecule has 1 heterocycles. The zero-order valence-corrected chi connectivity index (χ0v) is 10.2. The van der Waals surface area contributed by atoms with E-state index in [9.17, 15) is 14.3 Å². The summed E-state index contributed by atoms with van der Waals surface area (Å²) in [6.45, 7) is 0.266. The zero-order chi connectivity index (χ0) is 13.7. The standard InChI is InChI=1S/C14H14FNO3/c15-11-4-1-3-10(7-11)13(17)8-14(18)16-9-12-5-2-6-19-12/h1-7,13,17H,8-9H2,(H,16,18). The van der Waals surface area contributed by atoms with Gasteiger partial charge in [0, 0.05) is 0 Å². The van der Waals surface area contributed by atoms with E-state index >= 15 is 0 Å². The maximum absolute atomic E-state index is 13.0. The maximum Gasteiger partial charge on any atom is 0.223 e. The van der Waals surface area contributed by atoms with Crippen molar-refractivity contribution in [1.82, 2.24) is 5.32 Å². The Bertz CT molecular complexity index is 539. The summed E-state index contributed by atoms with van der Waals surface area (Å²) in [6.07, 6.45) is 0.375. The summed E-state index contributed by atoms with van der Waals surface area (Å²) in [7, 11) is 0. The van der Waals surface area contributed by atoms with Crippen molar-refractivity contribution in [3.8, 4) is 0 Å². The van der Waals surface area contributed by atoms with Crippen molar-refractivity contribution in [2.75, 3.05) is 0 Å². The molecule has 2 rings (SSSR count). The second-order valence-electron chi connectivity index (χ2n) is 4.13. The van der Waals surface area contributed by atoms with Gasteiger partial charge in [-0.05, 0) is 29.8 Å². The summed E-state index contributed by atoms with van der Waals surface area (Å²) in [4.78, 5) is 11.6. The van der Waals surface area contributed by atoms with Crippen LogP contribution in [0.2, 0.25) is 0 Å². The normalized spacial score (nSPS) is 12.1. The molecule has 1 atom stereocenters. The first-order valence-corrected chi connectivity index (χ1v) is 5.88. The number of carbonyl (C=O) groups excluding carboxylic acids is 1. The summed E-state index contributed by atoms with van der Waals surface area (Å²) in [5.74, 6) is -0.130. The number of amides is 1. The van der Waals surface area contributed by atoms with Crippen molar-refractivity contribution < 1.29 is 18.7 Å². The summed E-state index contributed by atoms with van der Waals surface area (Å²) in [5.41, 5.74) is 0.383. The molecule has 0 bridgehead atoms. The molecule has 1 aromatic heterocycles. The second kappa shape index (κ2) is 6.15. The molecule has 5 heteroatoms. The van der Waals surface area contributed by atoms with Crippen LogP contribution >= 0.6 is 0 Å². The fourth-order valence-electron chi connectivity index (χ4n) is 1.68. The number of carbonyl (C=O) groups is 1. The summed E-state index contributed by atoms with van der Waals surface area (Å²) >= 11 is 0. The lowest BCUT2D eigenvalue weighted by Crippen LogP contribution is -2.24. The molecule has 0 radical (unpaired) electrons. The highest BCUT2D eigenvalue weighted by molar-refractivity contribution is 5.76. The topological polar surface area (TPSA) is 62.5 Å². The molecule has 19 heavy (non-hydrogen) atoms. The van der Waals surface area contributed by atoms with Crippen LogP contribution < -0.4 is 5.32 Å². The second-order valence-corrected chi connectivity index (χ2v) is 4.13. The molecule has 0 saturated heterocycles. The molecular weight excluding hydrogens is 249 g/mol. The third kappa shape index (κ3) is 3.93. The fourth-order valence-corrected chi connectivity index (χ4v) is 1.68. The predicted molar refractivity (Wildman–Crippen MR) is 66.5 cm³/mol. The van der Waals surface area contributed by atoms with Crippen LogP contribution in [0.3, 0.4) is 0 Å². The Morgan fingerprint density at radius 3 is 2.89 bits per heavy atom. The Balaban J connectivity index is 1.84. The minimum atomic E-state index is -1.02. The van der Waals surface area contributed by atoms with Gasteiger partial charge in [0.05, 0.1) is 25.3 Å². The van der Waals surface area contributed by atoms with Crippen molar-refractivity contribution in [1.29, 1.82) is 0 Å². The van der Waals surface area contributed by atoms with Crippen molar-refractivity contribution in [2.45, 2.75) is 19.1 Å². The van der Waals surface area contributed by atoms with E-state index in [-0.39, 0.29) is 18.9 Å². The molecule has 0 spiro atoms. The van der Waals surface area contributed by atoms with E-state index in [4.69, 9.17) is 4.42 Å². The Hall–Kier alpha value is -2.14. The van der Waals surface area contributed by atoms with E-state index in [2.05, 4.69) is 5.32 Å². The largest absolute Gasteiger partial charge is 0.467 e. The smallest absolute Gasteiger partial charge is 0.223 e. The molecule has 0 aliphatic rings. The van der Waals surface area contributed by atoms with E-state index in [1.54, 1.807) is 18.2 Å². The summed E-state index contributed by atoms with van der Waals surface area (Å²) in [5, 5.41) is 12.4. The molecule has 0 fully saturated rings. The van der Waals surface area contributed by atoms with E-state index in [0.717, 1.165) is 0 Å². The Morgan fingerprint density at radius 1 is 1.37 bits per heavy atom. The number of furan rings is 1. The quantitative estimate of drug-likeness (QED) is 0.869. The van der Waals surface area contributed by atoms with Crippen molar-refractivity contribution in [2.24, 2.45) is 0 Å². The van der Waals surface area contributed by atoms with Crippen LogP contribution in [0.15, 0.2) is 47.1 Å². The van der Waals surface area contributed by atoms with Crippen LogP contribution in [0.1, 0.15) is 23.8 Å². The molecule has 1 amide bonds. The van der Waals surface area contributed by atoms with Crippen LogP contribution in [-0.4, -0.2) is 11.0 Å². The van der Waals surface area contributed by atoms with Gasteiger partial charge in [-0.25, -0.2) is 4.39 Å². The van der Waals surface area contributed by atoms with Gasteiger partial charge >= 0.3 is 0 Å². The fraction of sp³-hybridized carbons (Fsp3) is 0.214. The van der Waals surface area contributed by atoms with Gasteiger partial charge in [0.15, 0.2) is 0 Å². The van der Waals surface area contributed by atoms with Crippen molar-refractivity contribution in [3.63, 3.8) is 0 Å². The molecule has 0 aliphatic heterocycles. The zero-order valence-electron chi connectivity index (χ0n) is 10.2. The van der Waals surface area contributed by atoms with E-state index in [0.29, 0.717) is 11.3 Å². The van der Waals surface area contributed by atoms with Crippen LogP contribution in [0.5, 0.6) is 0 Å². The third-order valence-corrected chi connectivity index (χ3v) is 2.65. The van der Waals surface area contributed by atoms with E-state index < -0.39 is 11.9 Å². The lowest BCUT2D eigenvalue weighted by atomic mass is 10.1. The highest BCUT2D eigenvalue weighted by atomic mass is 19.1. The number of rotatable bonds is 5. The Morgan fingerprint density at radius 2 is 2.21 bits per heavy atom. The lowest BCUT2D eigenvalue weighted by Gasteiger charge is -2.10. The third-order valence-electron chi connectivity index (χ3n) is 2.65. The Labute approximate surface area is 109 Å². The van der Waals surface area contributed by atoms with E-state index in [1.807, 2.05) is 0 Å². The minimum absolute atomic E-state index is 0.121. The summed E-state index contributed by atoms with van der Waals surface area (Å²) < 4.78 is 18.0. The average Bonchev–Trinajstić information content (AvgIpc) is 2.89. The van der Waals surface area contributed by atoms with Crippen LogP contribution in [0.4, 0.5) is 4.39 Å². The molecule has 2 N–H and O–H groups in total. The SMILES string of the molecule is O=C(CC(O)c1cccc(F)c1)NCc1ccco1. The van der Waals surface area contributed by atoms with Gasteiger partial charge in [0.2, 0.25) is 5.91 Å². The maximum atomic E-state index is 13.0. The van der Waals surface area contributed by atoms with Gasteiger partial charge in [-0.3, -0.25) is 4.79 Å². The molecule has 1 aromatic carbocycles. The molecule has 2 aromatic rings. The van der Waals surface area contributed by atoms with Gasteiger partial charge in [-0.1, -0.05) is 12.1 Å².